The maximum atomic E-state index is 11.1. The summed E-state index contributed by atoms with van der Waals surface area (Å²) >= 11 is 0. The molecule has 6 heteroatoms. The standard InChI is InChI=1S/C29H27NO4.Na/c1-20(31)33-34-26-17-9-15-24(19-26)23-14-8-16-25(18-23)29-30-27(21-10-4-2-5-11-21)28(32-29)22-12-6-3-7-13-22;/h2-7,9-13,15,17,19,23,25H,8,14,16,18H2,1H3;. The first-order chi connectivity index (χ1) is 16.7. The van der Waals surface area contributed by atoms with Crippen molar-refractivity contribution in [2.24, 2.45) is 0 Å². The van der Waals surface area contributed by atoms with Crippen LogP contribution in [0.1, 0.15) is 55.9 Å². The molecular formula is C29H27NNaO4. The summed E-state index contributed by atoms with van der Waals surface area (Å²) in [7, 11) is 0. The molecule has 5 rings (SSSR count). The zero-order valence-corrected chi connectivity index (χ0v) is 22.1. The smallest absolute Gasteiger partial charge is 0.352 e. The molecule has 1 aromatic heterocycles. The summed E-state index contributed by atoms with van der Waals surface area (Å²) in [6.45, 7) is 1.32. The van der Waals surface area contributed by atoms with E-state index < -0.39 is 5.97 Å². The average molecular weight is 477 g/mol. The second kappa shape index (κ2) is 11.7. The van der Waals surface area contributed by atoms with E-state index in [1.165, 1.54) is 12.5 Å². The Labute approximate surface area is 227 Å². The van der Waals surface area contributed by atoms with Gasteiger partial charge in [-0.2, -0.15) is 0 Å². The Balaban J connectivity index is 0.00000289. The van der Waals surface area contributed by atoms with Gasteiger partial charge in [0.25, 0.3) is 0 Å². The molecule has 0 saturated heterocycles. The number of oxazole rings is 1. The quantitative estimate of drug-likeness (QED) is 0.172. The van der Waals surface area contributed by atoms with Crippen LogP contribution in [0.15, 0.2) is 89.3 Å². The first kappa shape index (κ1) is 25.2. The summed E-state index contributed by atoms with van der Waals surface area (Å²) < 4.78 is 6.47. The zero-order chi connectivity index (χ0) is 23.3. The predicted molar refractivity (Wildman–Crippen MR) is 136 cm³/mol. The molecule has 173 valence electrons. The third-order valence-corrected chi connectivity index (χ3v) is 6.34. The second-order valence-corrected chi connectivity index (χ2v) is 8.75. The second-order valence-electron chi connectivity index (χ2n) is 8.75. The maximum absolute atomic E-state index is 11.1. The molecule has 1 heterocycles. The SMILES string of the molecule is CC(=O)OOc1cccc(C2CCCC(c3nc(-c4ccccc4)c(-c4ccccc4)o3)C2)c1.[Na]. The van der Waals surface area contributed by atoms with Gasteiger partial charge in [-0.25, -0.2) is 9.78 Å². The van der Waals surface area contributed by atoms with E-state index in [1.807, 2.05) is 48.5 Å². The van der Waals surface area contributed by atoms with Gasteiger partial charge < -0.3 is 4.42 Å². The minimum Gasteiger partial charge on any atom is -0.440 e. The van der Waals surface area contributed by atoms with Crippen LogP contribution in [-0.4, -0.2) is 40.5 Å². The van der Waals surface area contributed by atoms with Crippen molar-refractivity contribution in [3.63, 3.8) is 0 Å². The third-order valence-electron chi connectivity index (χ3n) is 6.34. The Morgan fingerprint density at radius 3 is 2.29 bits per heavy atom. The molecular weight excluding hydrogens is 449 g/mol. The number of nitrogens with zero attached hydrogens (tertiary/aromatic N) is 1. The molecule has 1 fully saturated rings. The molecule has 2 unspecified atom stereocenters. The van der Waals surface area contributed by atoms with Gasteiger partial charge in [0.2, 0.25) is 0 Å². The van der Waals surface area contributed by atoms with Gasteiger partial charge in [0, 0.05) is 53.5 Å². The van der Waals surface area contributed by atoms with Crippen molar-refractivity contribution in [3.8, 4) is 28.3 Å². The number of aromatic nitrogens is 1. The van der Waals surface area contributed by atoms with Gasteiger partial charge in [-0.15, -0.1) is 0 Å². The molecule has 1 aliphatic rings. The van der Waals surface area contributed by atoms with Crippen LogP contribution in [0, 0.1) is 0 Å². The number of benzene rings is 3. The number of carbonyl (C=O) groups is 1. The van der Waals surface area contributed by atoms with Crippen LogP contribution in [0.25, 0.3) is 22.6 Å². The Morgan fingerprint density at radius 2 is 1.57 bits per heavy atom. The largest absolute Gasteiger partial charge is 0.440 e. The van der Waals surface area contributed by atoms with Crippen molar-refractivity contribution >= 4 is 35.5 Å². The molecule has 1 aliphatic carbocycles. The monoisotopic (exact) mass is 476 g/mol. The van der Waals surface area contributed by atoms with E-state index in [-0.39, 0.29) is 35.5 Å². The van der Waals surface area contributed by atoms with Crippen LogP contribution in [-0.2, 0) is 9.68 Å². The van der Waals surface area contributed by atoms with Crippen LogP contribution < -0.4 is 4.89 Å². The minimum atomic E-state index is -0.476. The van der Waals surface area contributed by atoms with Crippen LogP contribution >= 0.6 is 0 Å². The van der Waals surface area contributed by atoms with E-state index in [1.54, 1.807) is 6.07 Å². The van der Waals surface area contributed by atoms with Crippen molar-refractivity contribution in [1.29, 1.82) is 0 Å². The minimum absolute atomic E-state index is 0. The van der Waals surface area contributed by atoms with Crippen molar-refractivity contribution in [1.82, 2.24) is 4.98 Å². The number of hydrogen-bond acceptors (Lipinski definition) is 5. The predicted octanol–water partition coefficient (Wildman–Crippen LogP) is 6.93. The average Bonchev–Trinajstić information content (AvgIpc) is 3.35. The number of carbonyl (C=O) groups excluding carboxylic acids is 1. The molecule has 0 N–H and O–H groups in total. The Bertz CT molecular complexity index is 1200. The van der Waals surface area contributed by atoms with Crippen molar-refractivity contribution in [2.45, 2.75) is 44.4 Å². The fourth-order valence-corrected chi connectivity index (χ4v) is 4.73. The van der Waals surface area contributed by atoms with E-state index in [4.69, 9.17) is 19.2 Å². The number of rotatable bonds is 6. The van der Waals surface area contributed by atoms with Gasteiger partial charge >= 0.3 is 5.97 Å². The van der Waals surface area contributed by atoms with E-state index in [0.717, 1.165) is 54.2 Å². The molecule has 0 spiro atoms. The molecule has 4 aromatic rings. The molecule has 0 amide bonds. The van der Waals surface area contributed by atoms with Gasteiger partial charge in [0.15, 0.2) is 17.4 Å². The van der Waals surface area contributed by atoms with Crippen molar-refractivity contribution < 1.29 is 19.0 Å². The molecule has 1 saturated carbocycles. The van der Waals surface area contributed by atoms with Gasteiger partial charge in [0.05, 0.1) is 0 Å². The zero-order valence-electron chi connectivity index (χ0n) is 20.1. The summed E-state index contributed by atoms with van der Waals surface area (Å²) in [5.74, 6) is 2.26. The molecule has 0 bridgehead atoms. The number of hydrogen-bond donors (Lipinski definition) is 0. The van der Waals surface area contributed by atoms with E-state index in [2.05, 4.69) is 30.3 Å². The summed E-state index contributed by atoms with van der Waals surface area (Å²) in [5.41, 5.74) is 4.15. The third kappa shape index (κ3) is 6.04. The first-order valence-electron chi connectivity index (χ1n) is 11.7. The maximum Gasteiger partial charge on any atom is 0.352 e. The fourth-order valence-electron chi connectivity index (χ4n) is 4.73. The van der Waals surface area contributed by atoms with Crippen molar-refractivity contribution in [2.75, 3.05) is 0 Å². The molecule has 0 aliphatic heterocycles. The first-order valence-corrected chi connectivity index (χ1v) is 11.7. The Morgan fingerprint density at radius 1 is 0.886 bits per heavy atom. The van der Waals surface area contributed by atoms with Gasteiger partial charge in [-0.3, -0.25) is 9.78 Å². The van der Waals surface area contributed by atoms with Gasteiger partial charge in [-0.05, 0) is 42.9 Å². The van der Waals surface area contributed by atoms with Gasteiger partial charge in [0.1, 0.15) is 5.69 Å². The Kier molecular flexibility index (Phi) is 8.45. The van der Waals surface area contributed by atoms with E-state index >= 15 is 0 Å². The van der Waals surface area contributed by atoms with Crippen molar-refractivity contribution in [3.05, 3.63) is 96.4 Å². The van der Waals surface area contributed by atoms with Crippen LogP contribution in [0.2, 0.25) is 0 Å². The van der Waals surface area contributed by atoms with Crippen LogP contribution in [0.5, 0.6) is 5.75 Å². The van der Waals surface area contributed by atoms with E-state index in [9.17, 15) is 4.79 Å². The fraction of sp³-hybridized carbons (Fsp3) is 0.241. The molecule has 5 nitrogen and oxygen atoms in total. The molecule has 3 aromatic carbocycles. The molecule has 35 heavy (non-hydrogen) atoms. The summed E-state index contributed by atoms with van der Waals surface area (Å²) in [5, 5.41) is 0. The van der Waals surface area contributed by atoms with Crippen LogP contribution in [0.3, 0.4) is 0 Å². The summed E-state index contributed by atoms with van der Waals surface area (Å²) in [6, 6.07) is 28.2. The van der Waals surface area contributed by atoms with Crippen LogP contribution in [0.4, 0.5) is 0 Å². The summed E-state index contributed by atoms with van der Waals surface area (Å²) in [4.78, 5) is 25.9. The normalized spacial score (nSPS) is 17.3. The topological polar surface area (TPSA) is 61.6 Å². The summed E-state index contributed by atoms with van der Waals surface area (Å²) in [6.07, 6.45) is 4.17. The molecule has 1 radical (unpaired) electrons. The van der Waals surface area contributed by atoms with E-state index in [0.29, 0.717) is 11.7 Å². The van der Waals surface area contributed by atoms with Gasteiger partial charge in [-0.1, -0.05) is 79.2 Å². The Hall–Kier alpha value is -2.86. The molecule has 2 atom stereocenters.